The smallest absolute Gasteiger partial charge is 0.338 e. The van der Waals surface area contributed by atoms with E-state index in [1.165, 1.54) is 6.92 Å². The number of urea groups is 1. The van der Waals surface area contributed by atoms with Crippen LogP contribution < -0.4 is 5.32 Å². The minimum atomic E-state index is -1.01. The summed E-state index contributed by atoms with van der Waals surface area (Å²) in [4.78, 5) is 36.3. The Morgan fingerprint density at radius 2 is 2.20 bits per heavy atom. The molecule has 0 unspecified atom stereocenters. The van der Waals surface area contributed by atoms with E-state index >= 15 is 0 Å². The van der Waals surface area contributed by atoms with Gasteiger partial charge in [-0.25, -0.2) is 9.59 Å². The van der Waals surface area contributed by atoms with Gasteiger partial charge in [-0.05, 0) is 25.1 Å². The fourth-order valence-corrected chi connectivity index (χ4v) is 2.20. The fraction of sp³-hybridized carbons (Fsp3) is 0.308. The third kappa shape index (κ3) is 3.16. The Balaban J connectivity index is 2.00. The molecule has 0 bridgehead atoms. The van der Waals surface area contributed by atoms with Gasteiger partial charge in [-0.15, -0.1) is 0 Å². The first-order valence-corrected chi connectivity index (χ1v) is 6.84. The van der Waals surface area contributed by atoms with Gasteiger partial charge in [0, 0.05) is 17.6 Å². The van der Waals surface area contributed by atoms with Crippen molar-refractivity contribution in [2.75, 3.05) is 13.1 Å². The van der Waals surface area contributed by atoms with Crippen LogP contribution in [0.15, 0.2) is 28.7 Å². The molecule has 3 amide bonds. The molecule has 2 rings (SSSR count). The van der Waals surface area contributed by atoms with Crippen molar-refractivity contribution in [2.24, 2.45) is 0 Å². The Bertz CT molecular complexity index is 561. The average Bonchev–Trinajstić information content (AvgIpc) is 2.84. The van der Waals surface area contributed by atoms with Gasteiger partial charge in [-0.2, -0.15) is 0 Å². The standard InChI is InChI=1S/C13H13BrN2O4/c1-8(11(17)16-6-5-15-13(16)19)20-12(18)9-3-2-4-10(14)7-9/h2-4,7-8H,5-6H2,1H3,(H,15,19)/t8-/m1/s1. The summed E-state index contributed by atoms with van der Waals surface area (Å²) < 4.78 is 5.82. The maximum absolute atomic E-state index is 12.0. The van der Waals surface area contributed by atoms with Crippen molar-refractivity contribution in [1.82, 2.24) is 10.2 Å². The molecule has 1 atom stereocenters. The number of imide groups is 1. The van der Waals surface area contributed by atoms with Crippen molar-refractivity contribution in [3.63, 3.8) is 0 Å². The highest BCUT2D eigenvalue weighted by atomic mass is 79.9. The lowest BCUT2D eigenvalue weighted by Gasteiger charge is -2.18. The molecular formula is C13H13BrN2O4. The molecule has 0 radical (unpaired) electrons. The molecule has 1 aromatic carbocycles. The Kier molecular flexibility index (Phi) is 4.39. The molecular weight excluding hydrogens is 328 g/mol. The Morgan fingerprint density at radius 3 is 2.80 bits per heavy atom. The maximum atomic E-state index is 12.0. The predicted molar refractivity (Wildman–Crippen MR) is 74.1 cm³/mol. The summed E-state index contributed by atoms with van der Waals surface area (Å²) in [7, 11) is 0. The number of nitrogens with one attached hydrogen (secondary N) is 1. The van der Waals surface area contributed by atoms with E-state index in [0.717, 1.165) is 9.37 Å². The summed E-state index contributed by atoms with van der Waals surface area (Å²) >= 11 is 3.25. The van der Waals surface area contributed by atoms with Gasteiger partial charge in [0.05, 0.1) is 5.56 Å². The number of hydrogen-bond donors (Lipinski definition) is 1. The third-order valence-electron chi connectivity index (χ3n) is 2.81. The maximum Gasteiger partial charge on any atom is 0.338 e. The van der Waals surface area contributed by atoms with E-state index in [1.807, 2.05) is 0 Å². The minimum Gasteiger partial charge on any atom is -0.449 e. The van der Waals surface area contributed by atoms with E-state index in [4.69, 9.17) is 4.74 Å². The lowest BCUT2D eigenvalue weighted by molar-refractivity contribution is -0.136. The number of amides is 3. The number of ether oxygens (including phenoxy) is 1. The van der Waals surface area contributed by atoms with Gasteiger partial charge < -0.3 is 10.1 Å². The first kappa shape index (κ1) is 14.5. The number of hydrogen-bond acceptors (Lipinski definition) is 4. The van der Waals surface area contributed by atoms with E-state index in [-0.39, 0.29) is 6.54 Å². The molecule has 106 valence electrons. The van der Waals surface area contributed by atoms with Gasteiger partial charge >= 0.3 is 12.0 Å². The molecule has 1 saturated heterocycles. The van der Waals surface area contributed by atoms with Crippen molar-refractivity contribution in [3.05, 3.63) is 34.3 Å². The molecule has 20 heavy (non-hydrogen) atoms. The molecule has 0 aliphatic carbocycles. The van der Waals surface area contributed by atoms with E-state index in [9.17, 15) is 14.4 Å². The average molecular weight is 341 g/mol. The van der Waals surface area contributed by atoms with Crippen LogP contribution in [0.5, 0.6) is 0 Å². The van der Waals surface area contributed by atoms with Gasteiger partial charge in [0.15, 0.2) is 6.10 Å². The van der Waals surface area contributed by atoms with Crippen LogP contribution in [-0.4, -0.2) is 42.0 Å². The van der Waals surface area contributed by atoms with E-state index in [2.05, 4.69) is 21.2 Å². The fourth-order valence-electron chi connectivity index (χ4n) is 1.80. The monoisotopic (exact) mass is 340 g/mol. The second-order valence-corrected chi connectivity index (χ2v) is 5.20. The van der Waals surface area contributed by atoms with Crippen molar-refractivity contribution in [2.45, 2.75) is 13.0 Å². The molecule has 1 heterocycles. The molecule has 1 aliphatic heterocycles. The molecule has 1 aliphatic rings. The van der Waals surface area contributed by atoms with Gasteiger partial charge in [0.25, 0.3) is 5.91 Å². The van der Waals surface area contributed by atoms with Crippen molar-refractivity contribution in [1.29, 1.82) is 0 Å². The molecule has 1 N–H and O–H groups in total. The molecule has 0 aromatic heterocycles. The van der Waals surface area contributed by atoms with E-state index < -0.39 is 24.0 Å². The molecule has 7 heteroatoms. The number of carbonyl (C=O) groups excluding carboxylic acids is 3. The topological polar surface area (TPSA) is 75.7 Å². The van der Waals surface area contributed by atoms with Gasteiger partial charge in [0.1, 0.15) is 0 Å². The zero-order valence-corrected chi connectivity index (χ0v) is 12.3. The normalized spacial score (nSPS) is 15.7. The second-order valence-electron chi connectivity index (χ2n) is 4.28. The minimum absolute atomic E-state index is 0.288. The SMILES string of the molecule is C[C@@H](OC(=O)c1cccc(Br)c1)C(=O)N1CCNC1=O. The summed E-state index contributed by atoms with van der Waals surface area (Å²) in [5.41, 5.74) is 0.338. The number of benzene rings is 1. The third-order valence-corrected chi connectivity index (χ3v) is 3.31. The predicted octanol–water partition coefficient (Wildman–Crippen LogP) is 1.55. The van der Waals surface area contributed by atoms with Crippen LogP contribution in [0.25, 0.3) is 0 Å². The summed E-state index contributed by atoms with van der Waals surface area (Å²) in [5.74, 6) is -1.13. The number of nitrogens with zero attached hydrogens (tertiary/aromatic N) is 1. The van der Waals surface area contributed by atoms with Gasteiger partial charge in [-0.3, -0.25) is 9.69 Å². The molecule has 1 fully saturated rings. The first-order chi connectivity index (χ1) is 9.49. The van der Waals surface area contributed by atoms with Crippen LogP contribution in [-0.2, 0) is 9.53 Å². The Hall–Kier alpha value is -1.89. The summed E-state index contributed by atoms with van der Waals surface area (Å²) in [6.07, 6.45) is -1.01. The van der Waals surface area contributed by atoms with Crippen molar-refractivity contribution < 1.29 is 19.1 Å². The van der Waals surface area contributed by atoms with Crippen LogP contribution in [0.1, 0.15) is 17.3 Å². The molecule has 1 aromatic rings. The number of esters is 1. The van der Waals surface area contributed by atoms with Gasteiger partial charge in [0.2, 0.25) is 0 Å². The van der Waals surface area contributed by atoms with Crippen LogP contribution >= 0.6 is 15.9 Å². The Morgan fingerprint density at radius 1 is 1.45 bits per heavy atom. The van der Waals surface area contributed by atoms with Gasteiger partial charge in [-0.1, -0.05) is 22.0 Å². The number of rotatable bonds is 3. The number of carbonyl (C=O) groups is 3. The van der Waals surface area contributed by atoms with E-state index in [1.54, 1.807) is 24.3 Å². The Labute approximate surface area is 124 Å². The first-order valence-electron chi connectivity index (χ1n) is 6.05. The highest BCUT2D eigenvalue weighted by Gasteiger charge is 2.31. The lowest BCUT2D eigenvalue weighted by atomic mass is 10.2. The second kappa shape index (κ2) is 6.04. The number of halogens is 1. The summed E-state index contributed by atoms with van der Waals surface area (Å²) in [5, 5.41) is 2.52. The lowest BCUT2D eigenvalue weighted by Crippen LogP contribution is -2.41. The molecule has 0 saturated carbocycles. The highest BCUT2D eigenvalue weighted by molar-refractivity contribution is 9.10. The van der Waals surface area contributed by atoms with Crippen molar-refractivity contribution in [3.8, 4) is 0 Å². The quantitative estimate of drug-likeness (QED) is 0.847. The van der Waals surface area contributed by atoms with Crippen LogP contribution in [0.4, 0.5) is 4.79 Å². The van der Waals surface area contributed by atoms with Crippen LogP contribution in [0.2, 0.25) is 0 Å². The van der Waals surface area contributed by atoms with Crippen LogP contribution in [0.3, 0.4) is 0 Å². The summed E-state index contributed by atoms with van der Waals surface area (Å²) in [6.45, 7) is 2.15. The largest absolute Gasteiger partial charge is 0.449 e. The zero-order valence-electron chi connectivity index (χ0n) is 10.8. The molecule has 6 nitrogen and oxygen atoms in total. The van der Waals surface area contributed by atoms with Crippen molar-refractivity contribution >= 4 is 33.8 Å². The molecule has 0 spiro atoms. The van der Waals surface area contributed by atoms with Crippen LogP contribution in [0, 0.1) is 0 Å². The van der Waals surface area contributed by atoms with E-state index in [0.29, 0.717) is 12.1 Å². The zero-order chi connectivity index (χ0) is 14.7. The summed E-state index contributed by atoms with van der Waals surface area (Å²) in [6, 6.07) is 6.20. The highest BCUT2D eigenvalue weighted by Crippen LogP contribution is 2.14.